The molecule has 1 heterocycles. The minimum absolute atomic E-state index is 0.0171. The van der Waals surface area contributed by atoms with Crippen LogP contribution in [0, 0.1) is 0 Å². The summed E-state index contributed by atoms with van der Waals surface area (Å²) in [5, 5.41) is 1.04. The van der Waals surface area contributed by atoms with Crippen molar-refractivity contribution in [2.75, 3.05) is 17.8 Å². The first-order chi connectivity index (χ1) is 10.7. The van der Waals surface area contributed by atoms with Gasteiger partial charge >= 0.3 is 0 Å². The lowest BCUT2D eigenvalue weighted by molar-refractivity contribution is -0.119. The highest BCUT2D eigenvalue weighted by atomic mass is 32.2. The monoisotopic (exact) mass is 358 g/mol. The van der Waals surface area contributed by atoms with E-state index in [1.807, 2.05) is 45.8 Å². The Morgan fingerprint density at radius 3 is 2.48 bits per heavy atom. The van der Waals surface area contributed by atoms with Crippen molar-refractivity contribution >= 4 is 36.7 Å². The molecule has 0 radical (unpaired) electrons. The SMILES string of the molecule is CS(=O)(=O)CCS(=O)(=O)NC(=O)CCn1ccc2ccccc21. The number of aromatic nitrogens is 1. The number of sulfone groups is 1. The van der Waals surface area contributed by atoms with E-state index in [1.165, 1.54) is 0 Å². The van der Waals surface area contributed by atoms with Gasteiger partial charge in [-0.25, -0.2) is 16.8 Å². The molecule has 0 fully saturated rings. The molecule has 0 saturated carbocycles. The highest BCUT2D eigenvalue weighted by Crippen LogP contribution is 2.15. The quantitative estimate of drug-likeness (QED) is 0.777. The summed E-state index contributed by atoms with van der Waals surface area (Å²) >= 11 is 0. The number of nitrogens with one attached hydrogen (secondary N) is 1. The topological polar surface area (TPSA) is 102 Å². The molecule has 1 aromatic carbocycles. The van der Waals surface area contributed by atoms with Gasteiger partial charge in [0.15, 0.2) is 0 Å². The zero-order valence-electron chi connectivity index (χ0n) is 12.6. The van der Waals surface area contributed by atoms with Crippen molar-refractivity contribution in [2.24, 2.45) is 0 Å². The third-order valence-electron chi connectivity index (χ3n) is 3.25. The van der Waals surface area contributed by atoms with Crippen molar-refractivity contribution in [3.63, 3.8) is 0 Å². The van der Waals surface area contributed by atoms with Gasteiger partial charge in [0.05, 0.1) is 11.5 Å². The summed E-state index contributed by atoms with van der Waals surface area (Å²) < 4.78 is 49.0. The lowest BCUT2D eigenvalue weighted by Gasteiger charge is -2.08. The van der Waals surface area contributed by atoms with E-state index >= 15 is 0 Å². The Labute approximate surface area is 135 Å². The molecule has 2 aromatic rings. The van der Waals surface area contributed by atoms with Crippen LogP contribution in [0.2, 0.25) is 0 Å². The third kappa shape index (κ3) is 5.36. The molecule has 0 unspecified atom stereocenters. The Kier molecular flexibility index (Phi) is 5.10. The van der Waals surface area contributed by atoms with Gasteiger partial charge in [-0.3, -0.25) is 9.52 Å². The van der Waals surface area contributed by atoms with Gasteiger partial charge in [-0.2, -0.15) is 0 Å². The lowest BCUT2D eigenvalue weighted by atomic mass is 10.2. The van der Waals surface area contributed by atoms with Gasteiger partial charge in [-0.15, -0.1) is 0 Å². The van der Waals surface area contributed by atoms with Gasteiger partial charge in [-0.1, -0.05) is 18.2 Å². The lowest BCUT2D eigenvalue weighted by Crippen LogP contribution is -2.34. The van der Waals surface area contributed by atoms with Gasteiger partial charge in [0, 0.05) is 30.9 Å². The van der Waals surface area contributed by atoms with E-state index in [-0.39, 0.29) is 6.42 Å². The number of aryl methyl sites for hydroxylation is 1. The number of benzene rings is 1. The van der Waals surface area contributed by atoms with Crippen LogP contribution in [-0.2, 0) is 31.2 Å². The summed E-state index contributed by atoms with van der Waals surface area (Å²) in [6.07, 6.45) is 2.76. The molecule has 0 bridgehead atoms. The molecule has 0 atom stereocenters. The number of nitrogens with zero attached hydrogens (tertiary/aromatic N) is 1. The summed E-state index contributed by atoms with van der Waals surface area (Å²) in [5.74, 6) is -1.79. The van der Waals surface area contributed by atoms with Crippen LogP contribution in [0.4, 0.5) is 0 Å². The van der Waals surface area contributed by atoms with Crippen LogP contribution in [0.5, 0.6) is 0 Å². The Hall–Kier alpha value is -1.87. The summed E-state index contributed by atoms with van der Waals surface area (Å²) in [7, 11) is -7.34. The van der Waals surface area contributed by atoms with Crippen LogP contribution in [0.3, 0.4) is 0 Å². The molecule has 0 aliphatic rings. The molecule has 0 aliphatic heterocycles. The van der Waals surface area contributed by atoms with Crippen molar-refractivity contribution in [2.45, 2.75) is 13.0 Å². The normalized spacial score (nSPS) is 12.4. The number of hydrogen-bond donors (Lipinski definition) is 1. The number of rotatable bonds is 7. The highest BCUT2D eigenvalue weighted by Gasteiger charge is 2.17. The maximum Gasteiger partial charge on any atom is 0.235 e. The van der Waals surface area contributed by atoms with E-state index < -0.39 is 37.3 Å². The molecular formula is C14H18N2O5S2. The standard InChI is InChI=1S/C14H18N2O5S2/c1-22(18,19)10-11-23(20,21)15-14(17)7-9-16-8-6-12-4-2-3-5-13(12)16/h2-6,8H,7,9-11H2,1H3,(H,15,17). The smallest absolute Gasteiger partial charge is 0.235 e. The van der Waals surface area contributed by atoms with E-state index in [0.29, 0.717) is 6.54 Å². The zero-order chi connectivity index (χ0) is 17.1. The number of hydrogen-bond acceptors (Lipinski definition) is 5. The second kappa shape index (κ2) is 6.71. The molecule has 2 rings (SSSR count). The van der Waals surface area contributed by atoms with E-state index in [4.69, 9.17) is 0 Å². The fourth-order valence-electron chi connectivity index (χ4n) is 2.09. The van der Waals surface area contributed by atoms with Gasteiger partial charge in [0.1, 0.15) is 9.84 Å². The maximum atomic E-state index is 11.8. The highest BCUT2D eigenvalue weighted by molar-refractivity contribution is 7.94. The van der Waals surface area contributed by atoms with Crippen molar-refractivity contribution in [1.29, 1.82) is 0 Å². The average molecular weight is 358 g/mol. The van der Waals surface area contributed by atoms with Crippen LogP contribution < -0.4 is 4.72 Å². The second-order valence-electron chi connectivity index (χ2n) is 5.29. The predicted octanol–water partition coefficient (Wildman–Crippen LogP) is 0.522. The molecule has 0 aliphatic carbocycles. The number of fused-ring (bicyclic) bond motifs is 1. The fourth-order valence-corrected chi connectivity index (χ4v) is 4.73. The Morgan fingerprint density at radius 2 is 1.78 bits per heavy atom. The fraction of sp³-hybridized carbons (Fsp3) is 0.357. The van der Waals surface area contributed by atoms with Crippen molar-refractivity contribution < 1.29 is 21.6 Å². The van der Waals surface area contributed by atoms with Crippen molar-refractivity contribution in [1.82, 2.24) is 9.29 Å². The predicted molar refractivity (Wildman–Crippen MR) is 88.2 cm³/mol. The largest absolute Gasteiger partial charge is 0.347 e. The Bertz CT molecular complexity index is 914. The van der Waals surface area contributed by atoms with Crippen LogP contribution in [-0.4, -0.2) is 45.1 Å². The van der Waals surface area contributed by atoms with Gasteiger partial charge in [0.25, 0.3) is 0 Å². The van der Waals surface area contributed by atoms with E-state index in [1.54, 1.807) is 0 Å². The molecular weight excluding hydrogens is 340 g/mol. The molecule has 7 nitrogen and oxygen atoms in total. The first-order valence-electron chi connectivity index (χ1n) is 6.91. The summed E-state index contributed by atoms with van der Waals surface area (Å²) in [6.45, 7) is 0.334. The number of sulfonamides is 1. The number of para-hydroxylation sites is 1. The maximum absolute atomic E-state index is 11.8. The van der Waals surface area contributed by atoms with Crippen molar-refractivity contribution in [3.8, 4) is 0 Å². The minimum atomic E-state index is -3.94. The number of carbonyl (C=O) groups excluding carboxylic acids is 1. The summed E-state index contributed by atoms with van der Waals surface area (Å²) in [6, 6.07) is 9.57. The van der Waals surface area contributed by atoms with Gasteiger partial charge in [-0.05, 0) is 17.5 Å². The summed E-state index contributed by atoms with van der Waals surface area (Å²) in [5.41, 5.74) is 0.959. The number of amides is 1. The second-order valence-corrected chi connectivity index (χ2v) is 9.39. The van der Waals surface area contributed by atoms with Crippen LogP contribution in [0.25, 0.3) is 10.9 Å². The molecule has 126 valence electrons. The molecule has 23 heavy (non-hydrogen) atoms. The van der Waals surface area contributed by atoms with E-state index in [9.17, 15) is 21.6 Å². The minimum Gasteiger partial charge on any atom is -0.347 e. The van der Waals surface area contributed by atoms with Crippen LogP contribution >= 0.6 is 0 Å². The van der Waals surface area contributed by atoms with Gasteiger partial charge < -0.3 is 4.57 Å². The average Bonchev–Trinajstić information content (AvgIpc) is 2.85. The van der Waals surface area contributed by atoms with E-state index in [0.717, 1.165) is 17.2 Å². The Morgan fingerprint density at radius 1 is 1.09 bits per heavy atom. The third-order valence-corrected chi connectivity index (χ3v) is 5.74. The first-order valence-corrected chi connectivity index (χ1v) is 10.6. The van der Waals surface area contributed by atoms with E-state index in [2.05, 4.69) is 0 Å². The van der Waals surface area contributed by atoms with Crippen LogP contribution in [0.15, 0.2) is 36.5 Å². The number of carbonyl (C=O) groups is 1. The Balaban J connectivity index is 1.92. The molecule has 1 aromatic heterocycles. The molecule has 9 heteroatoms. The van der Waals surface area contributed by atoms with Crippen LogP contribution in [0.1, 0.15) is 6.42 Å². The molecule has 0 saturated heterocycles. The van der Waals surface area contributed by atoms with Gasteiger partial charge in [0.2, 0.25) is 15.9 Å². The molecule has 1 amide bonds. The molecule has 1 N–H and O–H groups in total. The van der Waals surface area contributed by atoms with Crippen molar-refractivity contribution in [3.05, 3.63) is 36.5 Å². The first kappa shape index (κ1) is 17.5. The zero-order valence-corrected chi connectivity index (χ0v) is 14.2. The molecule has 0 spiro atoms. The summed E-state index contributed by atoms with van der Waals surface area (Å²) in [4.78, 5) is 11.8.